The van der Waals surface area contributed by atoms with Crippen molar-refractivity contribution in [2.45, 2.75) is 25.2 Å². The lowest BCUT2D eigenvalue weighted by atomic mass is 10.1. The molecule has 0 aliphatic carbocycles. The molecule has 1 aromatic carbocycles. The number of thiazole rings is 1. The van der Waals surface area contributed by atoms with Crippen molar-refractivity contribution in [2.24, 2.45) is 0 Å². The van der Waals surface area contributed by atoms with E-state index in [1.54, 1.807) is 11.3 Å². The Labute approximate surface area is 140 Å². The molecule has 0 radical (unpaired) electrons. The predicted molar refractivity (Wildman–Crippen MR) is 92.2 cm³/mol. The number of fused-ring (bicyclic) bond motifs is 1. The molecule has 6 heteroatoms. The van der Waals surface area contributed by atoms with Crippen LogP contribution in [0.25, 0.3) is 0 Å². The van der Waals surface area contributed by atoms with Crippen LogP contribution in [0.4, 0.5) is 5.13 Å². The fraction of sp³-hybridized carbons (Fsp3) is 0.471. The van der Waals surface area contributed by atoms with Gasteiger partial charge < -0.3 is 10.5 Å². The largest absolute Gasteiger partial charge is 0.375 e. The summed E-state index contributed by atoms with van der Waals surface area (Å²) in [6, 6.07) is 11.2. The standard InChI is InChI=1S/C17H22N4OS/c18-17-19-8-14(23-17)10-20-11-15-16(12-20)22-7-6-21(15)9-13-4-2-1-3-5-13/h1-5,8,15-16H,6-7,9-12H2,(H2,18,19)/t15-,16+/m1/s1. The summed E-state index contributed by atoms with van der Waals surface area (Å²) in [5.41, 5.74) is 7.11. The molecular formula is C17H22N4OS. The van der Waals surface area contributed by atoms with E-state index in [0.29, 0.717) is 17.3 Å². The van der Waals surface area contributed by atoms with Crippen LogP contribution in [0.2, 0.25) is 0 Å². The quantitative estimate of drug-likeness (QED) is 0.927. The Morgan fingerprint density at radius 1 is 1.22 bits per heavy atom. The van der Waals surface area contributed by atoms with E-state index in [0.717, 1.165) is 39.3 Å². The molecule has 23 heavy (non-hydrogen) atoms. The highest BCUT2D eigenvalue weighted by Crippen LogP contribution is 2.27. The third kappa shape index (κ3) is 3.40. The van der Waals surface area contributed by atoms with Gasteiger partial charge in [-0.25, -0.2) is 4.98 Å². The van der Waals surface area contributed by atoms with Crippen LogP contribution >= 0.6 is 11.3 Å². The molecule has 0 bridgehead atoms. The Morgan fingerprint density at radius 2 is 2.09 bits per heavy atom. The molecule has 2 aliphatic rings. The minimum Gasteiger partial charge on any atom is -0.375 e. The van der Waals surface area contributed by atoms with Gasteiger partial charge in [-0.2, -0.15) is 0 Å². The minimum absolute atomic E-state index is 0.317. The Hall–Kier alpha value is -1.47. The maximum Gasteiger partial charge on any atom is 0.180 e. The third-order valence-corrected chi connectivity index (χ3v) is 5.48. The maximum atomic E-state index is 6.02. The van der Waals surface area contributed by atoms with Crippen LogP contribution in [0, 0.1) is 0 Å². The van der Waals surface area contributed by atoms with Gasteiger partial charge in [0.05, 0.1) is 18.8 Å². The number of nitrogens with two attached hydrogens (primary N) is 1. The monoisotopic (exact) mass is 330 g/mol. The van der Waals surface area contributed by atoms with Crippen molar-refractivity contribution in [2.75, 3.05) is 32.0 Å². The fourth-order valence-electron chi connectivity index (χ4n) is 3.59. The van der Waals surface area contributed by atoms with E-state index >= 15 is 0 Å². The van der Waals surface area contributed by atoms with Crippen LogP contribution in [0.3, 0.4) is 0 Å². The van der Waals surface area contributed by atoms with Crippen molar-refractivity contribution in [1.82, 2.24) is 14.8 Å². The second kappa shape index (κ2) is 6.57. The summed E-state index contributed by atoms with van der Waals surface area (Å²) < 4.78 is 6.02. The number of nitrogen functional groups attached to an aromatic ring is 1. The summed E-state index contributed by atoms with van der Waals surface area (Å²) in [6.07, 6.45) is 2.21. The second-order valence-corrected chi connectivity index (χ2v) is 7.44. The molecular weight excluding hydrogens is 308 g/mol. The van der Waals surface area contributed by atoms with Gasteiger partial charge in [0.15, 0.2) is 5.13 Å². The Morgan fingerprint density at radius 3 is 2.87 bits per heavy atom. The predicted octanol–water partition coefficient (Wildman–Crippen LogP) is 1.81. The lowest BCUT2D eigenvalue weighted by molar-refractivity contribution is -0.0504. The summed E-state index contributed by atoms with van der Waals surface area (Å²) >= 11 is 1.58. The van der Waals surface area contributed by atoms with E-state index in [1.807, 2.05) is 6.20 Å². The fourth-order valence-corrected chi connectivity index (χ4v) is 4.32. The molecule has 4 rings (SSSR count). The van der Waals surface area contributed by atoms with Gasteiger partial charge in [0.25, 0.3) is 0 Å². The minimum atomic E-state index is 0.317. The SMILES string of the molecule is Nc1ncc(CN2C[C@@H]3OCCN(Cc4ccccc4)[C@@H]3C2)s1. The molecule has 2 fully saturated rings. The lowest BCUT2D eigenvalue weighted by Crippen LogP contribution is -2.50. The van der Waals surface area contributed by atoms with E-state index in [2.05, 4.69) is 45.1 Å². The molecule has 0 saturated carbocycles. The third-order valence-electron chi connectivity index (χ3n) is 4.67. The van der Waals surface area contributed by atoms with Gasteiger partial charge in [0.1, 0.15) is 0 Å². The van der Waals surface area contributed by atoms with Crippen molar-refractivity contribution in [3.8, 4) is 0 Å². The number of nitrogens with zero attached hydrogens (tertiary/aromatic N) is 3. The zero-order valence-electron chi connectivity index (χ0n) is 13.1. The van der Waals surface area contributed by atoms with Gasteiger partial charge in [-0.15, -0.1) is 11.3 Å². The van der Waals surface area contributed by atoms with Crippen LogP contribution in [0.15, 0.2) is 36.5 Å². The smallest absolute Gasteiger partial charge is 0.180 e. The first-order valence-corrected chi connectivity index (χ1v) is 8.92. The van der Waals surface area contributed by atoms with Gasteiger partial charge in [-0.05, 0) is 5.56 Å². The van der Waals surface area contributed by atoms with Gasteiger partial charge in [-0.3, -0.25) is 9.80 Å². The number of likely N-dealkylation sites (tertiary alicyclic amines) is 1. The summed E-state index contributed by atoms with van der Waals surface area (Å²) in [7, 11) is 0. The number of morpholine rings is 1. The molecule has 1 aromatic heterocycles. The molecule has 2 aromatic rings. The van der Waals surface area contributed by atoms with Crippen molar-refractivity contribution >= 4 is 16.5 Å². The topological polar surface area (TPSA) is 54.6 Å². The highest BCUT2D eigenvalue weighted by Gasteiger charge is 2.39. The average Bonchev–Trinajstić information content (AvgIpc) is 3.15. The van der Waals surface area contributed by atoms with Crippen LogP contribution in [0.5, 0.6) is 0 Å². The molecule has 2 atom stereocenters. The normalized spacial score (nSPS) is 25.6. The lowest BCUT2D eigenvalue weighted by Gasteiger charge is -2.37. The molecule has 2 N–H and O–H groups in total. The Bertz CT molecular complexity index is 647. The van der Waals surface area contributed by atoms with Crippen LogP contribution in [-0.2, 0) is 17.8 Å². The average molecular weight is 330 g/mol. The van der Waals surface area contributed by atoms with Gasteiger partial charge in [0.2, 0.25) is 0 Å². The zero-order valence-corrected chi connectivity index (χ0v) is 13.9. The Kier molecular flexibility index (Phi) is 4.31. The molecule has 2 saturated heterocycles. The maximum absolute atomic E-state index is 6.02. The number of aromatic nitrogens is 1. The van der Waals surface area contributed by atoms with Crippen LogP contribution < -0.4 is 5.73 Å². The number of rotatable bonds is 4. The molecule has 5 nitrogen and oxygen atoms in total. The molecule has 122 valence electrons. The van der Waals surface area contributed by atoms with Gasteiger partial charge >= 0.3 is 0 Å². The molecule has 3 heterocycles. The molecule has 0 unspecified atom stereocenters. The highest BCUT2D eigenvalue weighted by molar-refractivity contribution is 7.15. The molecule has 0 spiro atoms. The summed E-state index contributed by atoms with van der Waals surface area (Å²) in [5, 5.41) is 0.651. The molecule has 2 aliphatic heterocycles. The number of benzene rings is 1. The van der Waals surface area contributed by atoms with Crippen molar-refractivity contribution in [3.63, 3.8) is 0 Å². The van der Waals surface area contributed by atoms with E-state index in [9.17, 15) is 0 Å². The van der Waals surface area contributed by atoms with Crippen molar-refractivity contribution < 1.29 is 4.74 Å². The number of ether oxygens (including phenoxy) is 1. The van der Waals surface area contributed by atoms with E-state index in [4.69, 9.17) is 10.5 Å². The van der Waals surface area contributed by atoms with E-state index in [-0.39, 0.29) is 0 Å². The first-order chi connectivity index (χ1) is 11.3. The summed E-state index contributed by atoms with van der Waals surface area (Å²) in [5.74, 6) is 0. The zero-order chi connectivity index (χ0) is 15.6. The summed E-state index contributed by atoms with van der Waals surface area (Å²) in [6.45, 7) is 5.81. The first kappa shape index (κ1) is 15.1. The van der Waals surface area contributed by atoms with Crippen LogP contribution in [-0.4, -0.2) is 53.2 Å². The number of anilines is 1. The number of hydrogen-bond acceptors (Lipinski definition) is 6. The van der Waals surface area contributed by atoms with E-state index < -0.39 is 0 Å². The highest BCUT2D eigenvalue weighted by atomic mass is 32.1. The van der Waals surface area contributed by atoms with Crippen molar-refractivity contribution in [1.29, 1.82) is 0 Å². The number of hydrogen-bond donors (Lipinski definition) is 1. The van der Waals surface area contributed by atoms with Gasteiger partial charge in [-0.1, -0.05) is 30.3 Å². The first-order valence-electron chi connectivity index (χ1n) is 8.10. The van der Waals surface area contributed by atoms with Gasteiger partial charge in [0, 0.05) is 43.8 Å². The molecule has 0 amide bonds. The summed E-state index contributed by atoms with van der Waals surface area (Å²) in [4.78, 5) is 10.4. The van der Waals surface area contributed by atoms with E-state index in [1.165, 1.54) is 10.4 Å². The van der Waals surface area contributed by atoms with Crippen LogP contribution in [0.1, 0.15) is 10.4 Å². The van der Waals surface area contributed by atoms with Crippen molar-refractivity contribution in [3.05, 3.63) is 47.0 Å². The second-order valence-electron chi connectivity index (χ2n) is 6.29. The Balaban J connectivity index is 1.42.